The number of anilines is 2. The van der Waals surface area contributed by atoms with Crippen LogP contribution >= 0.6 is 11.6 Å². The Kier molecular flexibility index (Phi) is 5.65. The molecule has 2 N–H and O–H groups in total. The van der Waals surface area contributed by atoms with Crippen molar-refractivity contribution in [1.29, 1.82) is 0 Å². The minimum atomic E-state index is -0.327. The second-order valence-corrected chi connectivity index (χ2v) is 5.31. The summed E-state index contributed by atoms with van der Waals surface area (Å²) in [5.41, 5.74) is 1.49. The molecule has 0 radical (unpaired) electrons. The fourth-order valence-electron chi connectivity index (χ4n) is 2.06. The van der Waals surface area contributed by atoms with Crippen LogP contribution in [0.3, 0.4) is 0 Å². The second-order valence-electron chi connectivity index (χ2n) is 4.90. The number of hydrogen-bond acceptors (Lipinski definition) is 4. The molecule has 24 heavy (non-hydrogen) atoms. The first-order chi connectivity index (χ1) is 11.4. The van der Waals surface area contributed by atoms with Crippen LogP contribution in [0.25, 0.3) is 0 Å². The molecule has 0 spiro atoms. The van der Waals surface area contributed by atoms with Crippen molar-refractivity contribution in [3.8, 4) is 11.5 Å². The number of rotatable bonds is 5. The third-order valence-electron chi connectivity index (χ3n) is 3.19. The SMILES string of the molecule is COc1cc(NC(=O)c2ccc(NC(C)=O)cc2)c(OC)cc1Cl. The lowest BCUT2D eigenvalue weighted by Gasteiger charge is -2.13. The van der Waals surface area contributed by atoms with Gasteiger partial charge in [0.25, 0.3) is 5.91 Å². The highest BCUT2D eigenvalue weighted by Gasteiger charge is 2.13. The molecule has 2 amide bonds. The van der Waals surface area contributed by atoms with Gasteiger partial charge in [-0.2, -0.15) is 0 Å². The van der Waals surface area contributed by atoms with Gasteiger partial charge in [-0.15, -0.1) is 0 Å². The van der Waals surface area contributed by atoms with E-state index in [1.807, 2.05) is 0 Å². The molecule has 0 aromatic heterocycles. The highest BCUT2D eigenvalue weighted by atomic mass is 35.5. The maximum Gasteiger partial charge on any atom is 0.255 e. The summed E-state index contributed by atoms with van der Waals surface area (Å²) in [6.45, 7) is 1.42. The van der Waals surface area contributed by atoms with Crippen LogP contribution in [0.2, 0.25) is 5.02 Å². The van der Waals surface area contributed by atoms with E-state index in [1.54, 1.807) is 36.4 Å². The van der Waals surface area contributed by atoms with Crippen molar-refractivity contribution in [1.82, 2.24) is 0 Å². The smallest absolute Gasteiger partial charge is 0.255 e. The molecule has 0 fully saturated rings. The van der Waals surface area contributed by atoms with Crippen molar-refractivity contribution in [3.63, 3.8) is 0 Å². The molecule has 126 valence electrons. The first-order valence-corrected chi connectivity index (χ1v) is 7.43. The van der Waals surface area contributed by atoms with Crippen LogP contribution in [-0.4, -0.2) is 26.0 Å². The van der Waals surface area contributed by atoms with E-state index in [0.717, 1.165) is 0 Å². The van der Waals surface area contributed by atoms with Gasteiger partial charge < -0.3 is 20.1 Å². The molecular formula is C17H17ClN2O4. The normalized spacial score (nSPS) is 10.0. The Labute approximate surface area is 144 Å². The summed E-state index contributed by atoms with van der Waals surface area (Å²) in [5, 5.41) is 5.77. The van der Waals surface area contributed by atoms with Crippen molar-refractivity contribution < 1.29 is 19.1 Å². The summed E-state index contributed by atoms with van der Waals surface area (Å²) in [5.74, 6) is 0.343. The number of hydrogen-bond donors (Lipinski definition) is 2. The second kappa shape index (κ2) is 7.70. The van der Waals surface area contributed by atoms with Crippen LogP contribution in [0.5, 0.6) is 11.5 Å². The van der Waals surface area contributed by atoms with Gasteiger partial charge in [0.15, 0.2) is 0 Å². The highest BCUT2D eigenvalue weighted by Crippen LogP contribution is 2.36. The molecule has 0 unspecified atom stereocenters. The molecule has 0 bridgehead atoms. The lowest BCUT2D eigenvalue weighted by molar-refractivity contribution is -0.114. The van der Waals surface area contributed by atoms with Crippen molar-refractivity contribution in [2.24, 2.45) is 0 Å². The van der Waals surface area contributed by atoms with Crippen LogP contribution in [0.4, 0.5) is 11.4 Å². The van der Waals surface area contributed by atoms with E-state index < -0.39 is 0 Å². The Hall–Kier alpha value is -2.73. The van der Waals surface area contributed by atoms with Crippen molar-refractivity contribution in [3.05, 3.63) is 47.0 Å². The molecule has 7 heteroatoms. The van der Waals surface area contributed by atoms with Gasteiger partial charge in [-0.25, -0.2) is 0 Å². The Morgan fingerprint density at radius 1 is 0.958 bits per heavy atom. The standard InChI is InChI=1S/C17H17ClN2O4/c1-10(21)19-12-6-4-11(5-7-12)17(22)20-14-9-15(23-2)13(18)8-16(14)24-3/h4-9H,1-3H3,(H,19,21)(H,20,22). The largest absolute Gasteiger partial charge is 0.495 e. The van der Waals surface area contributed by atoms with Crippen molar-refractivity contribution >= 4 is 34.8 Å². The van der Waals surface area contributed by atoms with Crippen LogP contribution in [0.1, 0.15) is 17.3 Å². The molecule has 6 nitrogen and oxygen atoms in total. The Balaban J connectivity index is 2.21. The number of benzene rings is 2. The van der Waals surface area contributed by atoms with E-state index in [9.17, 15) is 9.59 Å². The minimum Gasteiger partial charge on any atom is -0.495 e. The zero-order valence-electron chi connectivity index (χ0n) is 13.5. The summed E-state index contributed by atoms with van der Waals surface area (Å²) >= 11 is 6.04. The number of nitrogens with one attached hydrogen (secondary N) is 2. The molecule has 0 aliphatic rings. The number of halogens is 1. The number of carbonyl (C=O) groups is 2. The number of methoxy groups -OCH3 is 2. The minimum absolute atomic E-state index is 0.176. The van der Waals surface area contributed by atoms with Crippen molar-refractivity contribution in [2.45, 2.75) is 6.92 Å². The van der Waals surface area contributed by atoms with E-state index in [4.69, 9.17) is 21.1 Å². The van der Waals surface area contributed by atoms with E-state index in [2.05, 4.69) is 10.6 Å². The van der Waals surface area contributed by atoms with Crippen molar-refractivity contribution in [2.75, 3.05) is 24.9 Å². The summed E-state index contributed by atoms with van der Waals surface area (Å²) in [7, 11) is 2.97. The summed E-state index contributed by atoms with van der Waals surface area (Å²) in [6.07, 6.45) is 0. The van der Waals surface area contributed by atoms with Gasteiger partial charge in [-0.3, -0.25) is 9.59 Å². The van der Waals surface area contributed by atoms with Gasteiger partial charge in [-0.1, -0.05) is 11.6 Å². The summed E-state index contributed by atoms with van der Waals surface area (Å²) in [4.78, 5) is 23.4. The topological polar surface area (TPSA) is 76.7 Å². The van der Waals surface area contributed by atoms with E-state index in [1.165, 1.54) is 21.1 Å². The van der Waals surface area contributed by atoms with E-state index >= 15 is 0 Å². The molecule has 2 rings (SSSR count). The highest BCUT2D eigenvalue weighted by molar-refractivity contribution is 6.32. The first-order valence-electron chi connectivity index (χ1n) is 7.05. The zero-order chi connectivity index (χ0) is 17.7. The predicted octanol–water partition coefficient (Wildman–Crippen LogP) is 3.57. The molecular weight excluding hydrogens is 332 g/mol. The van der Waals surface area contributed by atoms with Crippen LogP contribution < -0.4 is 20.1 Å². The summed E-state index contributed by atoms with van der Waals surface area (Å²) in [6, 6.07) is 9.67. The Morgan fingerprint density at radius 2 is 1.58 bits per heavy atom. The molecule has 2 aromatic rings. The van der Waals surface area contributed by atoms with Gasteiger partial charge >= 0.3 is 0 Å². The molecule has 0 aliphatic heterocycles. The molecule has 0 saturated carbocycles. The fraction of sp³-hybridized carbons (Fsp3) is 0.176. The van der Waals surface area contributed by atoms with Gasteiger partial charge in [0.1, 0.15) is 11.5 Å². The maximum atomic E-state index is 12.4. The summed E-state index contributed by atoms with van der Waals surface area (Å²) < 4.78 is 10.4. The number of carbonyl (C=O) groups excluding carboxylic acids is 2. The number of ether oxygens (including phenoxy) is 2. The van der Waals surface area contributed by atoms with Crippen LogP contribution in [0, 0.1) is 0 Å². The van der Waals surface area contributed by atoms with Gasteiger partial charge in [0.05, 0.1) is 24.9 Å². The number of amides is 2. The maximum absolute atomic E-state index is 12.4. The molecule has 0 aliphatic carbocycles. The first kappa shape index (κ1) is 17.6. The molecule has 0 heterocycles. The Bertz CT molecular complexity index is 760. The Morgan fingerprint density at radius 3 is 2.12 bits per heavy atom. The average Bonchev–Trinajstić information content (AvgIpc) is 2.56. The quantitative estimate of drug-likeness (QED) is 0.866. The molecule has 0 saturated heterocycles. The van der Waals surface area contributed by atoms with Crippen LogP contribution in [-0.2, 0) is 4.79 Å². The van der Waals surface area contributed by atoms with Crippen LogP contribution in [0.15, 0.2) is 36.4 Å². The van der Waals surface area contributed by atoms with Gasteiger partial charge in [0, 0.05) is 30.3 Å². The fourth-order valence-corrected chi connectivity index (χ4v) is 2.29. The third-order valence-corrected chi connectivity index (χ3v) is 3.48. The lowest BCUT2D eigenvalue weighted by atomic mass is 10.2. The van der Waals surface area contributed by atoms with Gasteiger partial charge in [0.2, 0.25) is 5.91 Å². The monoisotopic (exact) mass is 348 g/mol. The zero-order valence-corrected chi connectivity index (χ0v) is 14.2. The van der Waals surface area contributed by atoms with E-state index in [0.29, 0.717) is 33.5 Å². The lowest BCUT2D eigenvalue weighted by Crippen LogP contribution is -2.13. The van der Waals surface area contributed by atoms with Gasteiger partial charge in [-0.05, 0) is 24.3 Å². The third kappa shape index (κ3) is 4.17. The molecule has 2 aromatic carbocycles. The predicted molar refractivity (Wildman–Crippen MR) is 93.3 cm³/mol. The molecule has 0 atom stereocenters. The van der Waals surface area contributed by atoms with E-state index in [-0.39, 0.29) is 11.8 Å². The average molecular weight is 349 g/mol.